The lowest BCUT2D eigenvalue weighted by molar-refractivity contribution is -0.143. The van der Waals surface area contributed by atoms with E-state index >= 15 is 0 Å². The van der Waals surface area contributed by atoms with Gasteiger partial charge in [0.1, 0.15) is 23.5 Å². The van der Waals surface area contributed by atoms with E-state index in [4.69, 9.17) is 21.1 Å². The van der Waals surface area contributed by atoms with E-state index in [1.165, 1.54) is 13.3 Å². The topological polar surface area (TPSA) is 82.4 Å². The molecule has 1 saturated heterocycles. The SMILES string of the molecule is CC(=O)OC[C@H]1C[C@@H](n2cnc3c(Cl)ncnc32)[C@H]2O[C@@]12C. The standard InChI is InChI=1S/C14H15ClN4O3/c1-7(20)21-4-8-3-9(11-14(8,2)22-11)19-6-18-10-12(15)16-5-17-13(10)19/h5-6,8-9,11H,3-4H2,1-2H3/t8-,9-,11-,14+/m1/s1. The van der Waals surface area contributed by atoms with Gasteiger partial charge in [-0.15, -0.1) is 0 Å². The summed E-state index contributed by atoms with van der Waals surface area (Å²) in [5.74, 6) is -0.0991. The number of epoxide rings is 1. The molecule has 4 atom stereocenters. The molecule has 1 aliphatic heterocycles. The molecule has 1 saturated carbocycles. The molecule has 0 unspecified atom stereocenters. The van der Waals surface area contributed by atoms with Crippen LogP contribution in [0, 0.1) is 5.92 Å². The Morgan fingerprint density at radius 3 is 3.14 bits per heavy atom. The number of hydrogen-bond donors (Lipinski definition) is 0. The Kier molecular flexibility index (Phi) is 2.93. The molecule has 2 aromatic rings. The summed E-state index contributed by atoms with van der Waals surface area (Å²) in [4.78, 5) is 23.6. The van der Waals surface area contributed by atoms with Gasteiger partial charge in [0.25, 0.3) is 0 Å². The van der Waals surface area contributed by atoms with Crippen molar-refractivity contribution >= 4 is 28.7 Å². The monoisotopic (exact) mass is 322 g/mol. The number of nitrogens with zero attached hydrogens (tertiary/aromatic N) is 4. The van der Waals surface area contributed by atoms with Crippen LogP contribution in [0.15, 0.2) is 12.7 Å². The van der Waals surface area contributed by atoms with Gasteiger partial charge in [-0.05, 0) is 13.3 Å². The largest absolute Gasteiger partial charge is 0.465 e. The third-order valence-electron chi connectivity index (χ3n) is 4.73. The van der Waals surface area contributed by atoms with Gasteiger partial charge < -0.3 is 14.0 Å². The van der Waals surface area contributed by atoms with Crippen LogP contribution in [-0.4, -0.2) is 43.8 Å². The number of aromatic nitrogens is 4. The Labute approximate surface area is 131 Å². The van der Waals surface area contributed by atoms with Crippen molar-refractivity contribution in [3.63, 3.8) is 0 Å². The molecule has 2 aliphatic rings. The van der Waals surface area contributed by atoms with Crippen molar-refractivity contribution in [3.8, 4) is 0 Å². The molecule has 0 N–H and O–H groups in total. The lowest BCUT2D eigenvalue weighted by atomic mass is 9.98. The zero-order valence-electron chi connectivity index (χ0n) is 12.2. The first-order valence-electron chi connectivity index (χ1n) is 7.15. The molecule has 7 nitrogen and oxygen atoms in total. The lowest BCUT2D eigenvalue weighted by Gasteiger charge is -2.19. The molecule has 0 amide bonds. The van der Waals surface area contributed by atoms with Crippen molar-refractivity contribution in [1.82, 2.24) is 19.5 Å². The highest BCUT2D eigenvalue weighted by atomic mass is 35.5. The number of hydrogen-bond acceptors (Lipinski definition) is 6. The summed E-state index contributed by atoms with van der Waals surface area (Å²) in [6, 6.07) is 0.113. The maximum atomic E-state index is 11.0. The minimum absolute atomic E-state index is 0.0826. The highest BCUT2D eigenvalue weighted by molar-refractivity contribution is 6.33. The Morgan fingerprint density at radius 2 is 2.36 bits per heavy atom. The van der Waals surface area contributed by atoms with Gasteiger partial charge in [-0.2, -0.15) is 0 Å². The van der Waals surface area contributed by atoms with Crippen LogP contribution in [0.1, 0.15) is 26.3 Å². The molecule has 0 aromatic carbocycles. The number of imidazole rings is 1. The Hall–Kier alpha value is -1.73. The molecular weight excluding hydrogens is 308 g/mol. The molecule has 3 heterocycles. The van der Waals surface area contributed by atoms with Crippen molar-refractivity contribution in [2.75, 3.05) is 6.61 Å². The van der Waals surface area contributed by atoms with Crippen LogP contribution in [0.2, 0.25) is 5.15 Å². The van der Waals surface area contributed by atoms with E-state index in [1.807, 2.05) is 4.57 Å². The first-order valence-corrected chi connectivity index (χ1v) is 7.52. The third-order valence-corrected chi connectivity index (χ3v) is 5.01. The fraction of sp³-hybridized carbons (Fsp3) is 0.571. The van der Waals surface area contributed by atoms with Crippen LogP contribution in [0.5, 0.6) is 0 Å². The van der Waals surface area contributed by atoms with Crippen molar-refractivity contribution in [1.29, 1.82) is 0 Å². The van der Waals surface area contributed by atoms with Gasteiger partial charge in [-0.3, -0.25) is 4.79 Å². The summed E-state index contributed by atoms with van der Waals surface area (Å²) < 4.78 is 13.0. The summed E-state index contributed by atoms with van der Waals surface area (Å²) in [6.07, 6.45) is 4.09. The number of ether oxygens (including phenoxy) is 2. The number of esters is 1. The average molecular weight is 323 g/mol. The number of carbonyl (C=O) groups is 1. The molecule has 116 valence electrons. The highest BCUT2D eigenvalue weighted by Crippen LogP contribution is 2.58. The minimum Gasteiger partial charge on any atom is -0.465 e. The molecule has 0 spiro atoms. The molecule has 4 rings (SSSR count). The highest BCUT2D eigenvalue weighted by Gasteiger charge is 2.67. The van der Waals surface area contributed by atoms with Gasteiger partial charge in [0.2, 0.25) is 0 Å². The van der Waals surface area contributed by atoms with E-state index in [0.29, 0.717) is 22.9 Å². The second kappa shape index (κ2) is 4.63. The predicted octanol–water partition coefficient (Wildman–Crippen LogP) is 1.76. The average Bonchev–Trinajstić information content (AvgIpc) is 2.87. The molecule has 8 heteroatoms. The van der Waals surface area contributed by atoms with E-state index in [0.717, 1.165) is 6.42 Å². The maximum Gasteiger partial charge on any atom is 0.302 e. The van der Waals surface area contributed by atoms with Gasteiger partial charge in [0.15, 0.2) is 10.8 Å². The van der Waals surface area contributed by atoms with Crippen molar-refractivity contribution in [3.05, 3.63) is 17.8 Å². The van der Waals surface area contributed by atoms with E-state index in [1.54, 1.807) is 6.33 Å². The summed E-state index contributed by atoms with van der Waals surface area (Å²) in [5.41, 5.74) is 1.05. The van der Waals surface area contributed by atoms with Gasteiger partial charge in [-0.25, -0.2) is 15.0 Å². The lowest BCUT2D eigenvalue weighted by Crippen LogP contribution is -2.23. The second-order valence-corrected chi connectivity index (χ2v) is 6.37. The second-order valence-electron chi connectivity index (χ2n) is 6.01. The molecule has 0 bridgehead atoms. The number of fused-ring (bicyclic) bond motifs is 2. The molecule has 2 aromatic heterocycles. The Morgan fingerprint density at radius 1 is 1.55 bits per heavy atom. The molecular formula is C14H15ClN4O3. The van der Waals surface area contributed by atoms with Gasteiger partial charge in [0.05, 0.1) is 19.0 Å². The minimum atomic E-state index is -0.267. The van der Waals surface area contributed by atoms with Crippen LogP contribution in [0.3, 0.4) is 0 Å². The molecule has 2 fully saturated rings. The summed E-state index contributed by atoms with van der Waals surface area (Å²) in [5, 5.41) is 0.345. The van der Waals surface area contributed by atoms with Crippen LogP contribution >= 0.6 is 11.6 Å². The van der Waals surface area contributed by atoms with Crippen molar-refractivity contribution in [2.24, 2.45) is 5.92 Å². The molecule has 22 heavy (non-hydrogen) atoms. The van der Waals surface area contributed by atoms with Crippen molar-refractivity contribution < 1.29 is 14.3 Å². The van der Waals surface area contributed by atoms with E-state index in [9.17, 15) is 4.79 Å². The van der Waals surface area contributed by atoms with Gasteiger partial charge in [0, 0.05) is 12.8 Å². The summed E-state index contributed by atoms with van der Waals surface area (Å²) in [7, 11) is 0. The number of halogens is 1. The van der Waals surface area contributed by atoms with E-state index in [2.05, 4.69) is 21.9 Å². The fourth-order valence-corrected chi connectivity index (χ4v) is 3.63. The van der Waals surface area contributed by atoms with Crippen LogP contribution in [-0.2, 0) is 14.3 Å². The smallest absolute Gasteiger partial charge is 0.302 e. The maximum absolute atomic E-state index is 11.0. The molecule has 0 radical (unpaired) electrons. The Balaban J connectivity index is 1.64. The summed E-state index contributed by atoms with van der Waals surface area (Å²) in [6.45, 7) is 3.86. The van der Waals surface area contributed by atoms with Crippen LogP contribution < -0.4 is 0 Å². The van der Waals surface area contributed by atoms with E-state index in [-0.39, 0.29) is 29.6 Å². The van der Waals surface area contributed by atoms with Crippen LogP contribution in [0.25, 0.3) is 11.2 Å². The number of carbonyl (C=O) groups excluding carboxylic acids is 1. The molecule has 1 aliphatic carbocycles. The zero-order valence-corrected chi connectivity index (χ0v) is 12.9. The normalized spacial score (nSPS) is 33.0. The first kappa shape index (κ1) is 13.9. The van der Waals surface area contributed by atoms with Gasteiger partial charge in [-0.1, -0.05) is 11.6 Å². The quantitative estimate of drug-likeness (QED) is 0.486. The van der Waals surface area contributed by atoms with E-state index < -0.39 is 0 Å². The summed E-state index contributed by atoms with van der Waals surface area (Å²) >= 11 is 6.05. The van der Waals surface area contributed by atoms with Crippen LogP contribution in [0.4, 0.5) is 0 Å². The third kappa shape index (κ3) is 1.92. The Bertz CT molecular complexity index is 764. The van der Waals surface area contributed by atoms with Gasteiger partial charge >= 0.3 is 5.97 Å². The number of rotatable bonds is 3. The van der Waals surface area contributed by atoms with Crippen molar-refractivity contribution in [2.45, 2.75) is 38.0 Å². The fourth-order valence-electron chi connectivity index (χ4n) is 3.45. The first-order chi connectivity index (χ1) is 10.5. The zero-order chi connectivity index (χ0) is 15.5. The predicted molar refractivity (Wildman–Crippen MR) is 77.4 cm³/mol.